The van der Waals surface area contributed by atoms with Gasteiger partial charge < -0.3 is 4.90 Å². The van der Waals surface area contributed by atoms with Crippen LogP contribution >= 0.6 is 27.7 Å². The second-order valence-corrected chi connectivity index (χ2v) is 6.63. The second-order valence-electron chi connectivity index (χ2n) is 4.66. The number of hydrogen-bond donors (Lipinski definition) is 0. The molecule has 1 heterocycles. The van der Waals surface area contributed by atoms with E-state index in [2.05, 4.69) is 20.9 Å². The second kappa shape index (κ2) is 8.20. The van der Waals surface area contributed by atoms with Crippen LogP contribution in [-0.4, -0.2) is 35.1 Å². The van der Waals surface area contributed by atoms with E-state index >= 15 is 0 Å². The molecular weight excluding hydrogens is 348 g/mol. The van der Waals surface area contributed by atoms with E-state index in [9.17, 15) is 4.79 Å². The van der Waals surface area contributed by atoms with Gasteiger partial charge in [-0.1, -0.05) is 15.9 Å². The monoisotopic (exact) mass is 364 g/mol. The van der Waals surface area contributed by atoms with Gasteiger partial charge in [0.05, 0.1) is 5.75 Å². The SMILES string of the molecule is CN(CCc1ccncc1)C(=O)CSc1ccc(Br)cc1. The first kappa shape index (κ1) is 16.0. The number of thioether (sulfide) groups is 1. The molecule has 0 N–H and O–H groups in total. The Morgan fingerprint density at radius 1 is 1.19 bits per heavy atom. The maximum absolute atomic E-state index is 12.1. The van der Waals surface area contributed by atoms with Crippen LogP contribution in [0.15, 0.2) is 58.2 Å². The van der Waals surface area contributed by atoms with E-state index in [0.717, 1.165) is 22.3 Å². The van der Waals surface area contributed by atoms with Crippen LogP contribution in [0.1, 0.15) is 5.56 Å². The van der Waals surface area contributed by atoms with E-state index in [1.54, 1.807) is 29.1 Å². The summed E-state index contributed by atoms with van der Waals surface area (Å²) < 4.78 is 1.05. The minimum Gasteiger partial charge on any atom is -0.345 e. The van der Waals surface area contributed by atoms with Gasteiger partial charge in [0.25, 0.3) is 0 Å². The number of benzene rings is 1. The third-order valence-corrected chi connectivity index (χ3v) is 4.61. The molecule has 0 saturated heterocycles. The zero-order valence-corrected chi connectivity index (χ0v) is 14.2. The van der Waals surface area contributed by atoms with Crippen LogP contribution in [0.3, 0.4) is 0 Å². The van der Waals surface area contributed by atoms with Gasteiger partial charge in [-0.15, -0.1) is 11.8 Å². The van der Waals surface area contributed by atoms with Crippen LogP contribution in [0, 0.1) is 0 Å². The Labute approximate surface area is 137 Å². The number of amides is 1. The minimum atomic E-state index is 0.150. The number of hydrogen-bond acceptors (Lipinski definition) is 3. The zero-order chi connectivity index (χ0) is 15.1. The quantitative estimate of drug-likeness (QED) is 0.733. The van der Waals surface area contributed by atoms with Crippen molar-refractivity contribution in [3.63, 3.8) is 0 Å². The number of carbonyl (C=O) groups excluding carboxylic acids is 1. The Balaban J connectivity index is 1.76. The highest BCUT2D eigenvalue weighted by Crippen LogP contribution is 2.20. The molecule has 0 fully saturated rings. The fraction of sp³-hybridized carbons (Fsp3) is 0.250. The molecule has 3 nitrogen and oxygen atoms in total. The highest BCUT2D eigenvalue weighted by Gasteiger charge is 2.09. The van der Waals surface area contributed by atoms with E-state index in [4.69, 9.17) is 0 Å². The standard InChI is InChI=1S/C16H17BrN2OS/c1-19(11-8-13-6-9-18-10-7-13)16(20)12-21-15-4-2-14(17)3-5-15/h2-7,9-10H,8,11-12H2,1H3. The molecule has 21 heavy (non-hydrogen) atoms. The number of likely N-dealkylation sites (N-methyl/N-ethyl adjacent to an activating group) is 1. The molecular formula is C16H17BrN2OS. The third kappa shape index (κ3) is 5.52. The van der Waals surface area contributed by atoms with Gasteiger partial charge in [0.1, 0.15) is 0 Å². The van der Waals surface area contributed by atoms with Gasteiger partial charge in [-0.05, 0) is 48.4 Å². The van der Waals surface area contributed by atoms with Crippen molar-refractivity contribution in [1.82, 2.24) is 9.88 Å². The topological polar surface area (TPSA) is 33.2 Å². The van der Waals surface area contributed by atoms with Gasteiger partial charge >= 0.3 is 0 Å². The van der Waals surface area contributed by atoms with Crippen molar-refractivity contribution < 1.29 is 4.79 Å². The van der Waals surface area contributed by atoms with Crippen molar-refractivity contribution in [2.24, 2.45) is 0 Å². The van der Waals surface area contributed by atoms with Crippen LogP contribution in [-0.2, 0) is 11.2 Å². The van der Waals surface area contributed by atoms with Crippen molar-refractivity contribution in [2.75, 3.05) is 19.3 Å². The summed E-state index contributed by atoms with van der Waals surface area (Å²) in [6.45, 7) is 0.726. The van der Waals surface area contributed by atoms with Gasteiger partial charge in [-0.3, -0.25) is 9.78 Å². The summed E-state index contributed by atoms with van der Waals surface area (Å²) in [7, 11) is 1.85. The summed E-state index contributed by atoms with van der Waals surface area (Å²) in [5.41, 5.74) is 1.20. The predicted molar refractivity (Wildman–Crippen MR) is 90.4 cm³/mol. The normalized spacial score (nSPS) is 10.4. The lowest BCUT2D eigenvalue weighted by atomic mass is 10.2. The smallest absolute Gasteiger partial charge is 0.232 e. The lowest BCUT2D eigenvalue weighted by Crippen LogP contribution is -2.30. The Kier molecular flexibility index (Phi) is 6.26. The molecule has 2 aromatic rings. The average molecular weight is 365 g/mol. The number of carbonyl (C=O) groups is 1. The van der Waals surface area contributed by atoms with Crippen molar-refractivity contribution in [1.29, 1.82) is 0 Å². The molecule has 110 valence electrons. The minimum absolute atomic E-state index is 0.150. The third-order valence-electron chi connectivity index (χ3n) is 3.09. The van der Waals surface area contributed by atoms with Gasteiger partial charge in [0.2, 0.25) is 5.91 Å². The Morgan fingerprint density at radius 3 is 2.52 bits per heavy atom. The molecule has 0 radical (unpaired) electrons. The Hall–Kier alpha value is -1.33. The summed E-state index contributed by atoms with van der Waals surface area (Å²) in [6.07, 6.45) is 4.41. The number of aromatic nitrogens is 1. The van der Waals surface area contributed by atoms with Crippen LogP contribution in [0.25, 0.3) is 0 Å². The van der Waals surface area contributed by atoms with E-state index in [1.165, 1.54) is 5.56 Å². The van der Waals surface area contributed by atoms with Crippen LogP contribution in [0.2, 0.25) is 0 Å². The number of halogens is 1. The van der Waals surface area contributed by atoms with Crippen molar-refractivity contribution >= 4 is 33.6 Å². The molecule has 0 aliphatic carbocycles. The van der Waals surface area contributed by atoms with Gasteiger partial charge in [-0.25, -0.2) is 0 Å². The molecule has 5 heteroatoms. The first-order valence-electron chi connectivity index (χ1n) is 6.66. The summed E-state index contributed by atoms with van der Waals surface area (Å²) >= 11 is 4.97. The molecule has 1 aromatic heterocycles. The van der Waals surface area contributed by atoms with Crippen LogP contribution in [0.5, 0.6) is 0 Å². The maximum atomic E-state index is 12.1. The van der Waals surface area contributed by atoms with Gasteiger partial charge in [0, 0.05) is 35.4 Å². The lowest BCUT2D eigenvalue weighted by Gasteiger charge is -2.17. The number of nitrogens with zero attached hydrogens (tertiary/aromatic N) is 2. The van der Waals surface area contributed by atoms with E-state index in [1.807, 2.05) is 43.4 Å². The summed E-state index contributed by atoms with van der Waals surface area (Å²) in [6, 6.07) is 12.0. The highest BCUT2D eigenvalue weighted by atomic mass is 79.9. The average Bonchev–Trinajstić information content (AvgIpc) is 2.52. The summed E-state index contributed by atoms with van der Waals surface area (Å²) in [4.78, 5) is 19.0. The summed E-state index contributed by atoms with van der Waals surface area (Å²) in [5, 5.41) is 0. The van der Waals surface area contributed by atoms with Gasteiger partial charge in [-0.2, -0.15) is 0 Å². The first-order valence-corrected chi connectivity index (χ1v) is 8.44. The molecule has 0 saturated carbocycles. The number of pyridine rings is 1. The lowest BCUT2D eigenvalue weighted by molar-refractivity contribution is -0.127. The maximum Gasteiger partial charge on any atom is 0.232 e. The molecule has 0 aliphatic rings. The fourth-order valence-electron chi connectivity index (χ4n) is 1.76. The molecule has 1 amide bonds. The molecule has 2 rings (SSSR count). The molecule has 0 atom stereocenters. The molecule has 0 unspecified atom stereocenters. The highest BCUT2D eigenvalue weighted by molar-refractivity contribution is 9.10. The van der Waals surface area contributed by atoms with Gasteiger partial charge in [0.15, 0.2) is 0 Å². The van der Waals surface area contributed by atoms with Crippen LogP contribution < -0.4 is 0 Å². The molecule has 0 aliphatic heterocycles. The van der Waals surface area contributed by atoms with E-state index in [-0.39, 0.29) is 5.91 Å². The Bertz CT molecular complexity index is 575. The predicted octanol–water partition coefficient (Wildman–Crippen LogP) is 3.64. The summed E-state index contributed by atoms with van der Waals surface area (Å²) in [5.74, 6) is 0.617. The number of rotatable bonds is 6. The van der Waals surface area contributed by atoms with Crippen LogP contribution in [0.4, 0.5) is 0 Å². The Morgan fingerprint density at radius 2 is 1.86 bits per heavy atom. The van der Waals surface area contributed by atoms with E-state index < -0.39 is 0 Å². The first-order chi connectivity index (χ1) is 10.1. The van der Waals surface area contributed by atoms with E-state index in [0.29, 0.717) is 5.75 Å². The van der Waals surface area contributed by atoms with Crippen molar-refractivity contribution in [3.05, 3.63) is 58.8 Å². The molecule has 0 bridgehead atoms. The largest absolute Gasteiger partial charge is 0.345 e. The van der Waals surface area contributed by atoms with Crippen molar-refractivity contribution in [3.8, 4) is 0 Å². The molecule has 0 spiro atoms. The zero-order valence-electron chi connectivity index (χ0n) is 11.8. The fourth-order valence-corrected chi connectivity index (χ4v) is 2.86. The molecule has 1 aromatic carbocycles. The van der Waals surface area contributed by atoms with Crippen molar-refractivity contribution in [2.45, 2.75) is 11.3 Å².